The van der Waals surface area contributed by atoms with Crippen LogP contribution in [0.1, 0.15) is 16.3 Å². The summed E-state index contributed by atoms with van der Waals surface area (Å²) in [6, 6.07) is 5.49. The molecule has 3 rings (SSSR count). The largest absolute Gasteiger partial charge is 0.497 e. The number of carbonyl (C=O) groups is 1. The van der Waals surface area contributed by atoms with Crippen LogP contribution in [0.25, 0.3) is 6.08 Å². The Labute approximate surface area is 175 Å². The van der Waals surface area contributed by atoms with Crippen LogP contribution in [0, 0.1) is 0 Å². The zero-order valence-electron chi connectivity index (χ0n) is 17.1. The zero-order valence-corrected chi connectivity index (χ0v) is 17.9. The molecule has 7 nitrogen and oxygen atoms in total. The van der Waals surface area contributed by atoms with Crippen molar-refractivity contribution in [1.82, 2.24) is 14.8 Å². The number of rotatable bonds is 8. The lowest BCUT2D eigenvalue weighted by atomic mass is 10.1. The lowest BCUT2D eigenvalue weighted by Gasteiger charge is -2.25. The summed E-state index contributed by atoms with van der Waals surface area (Å²) in [5.41, 5.74) is 1.72. The maximum Gasteiger partial charge on any atom is 0.246 e. The Morgan fingerprint density at radius 3 is 2.83 bits per heavy atom. The first-order valence-corrected chi connectivity index (χ1v) is 10.4. The number of methoxy groups -OCH3 is 2. The van der Waals surface area contributed by atoms with Gasteiger partial charge < -0.3 is 19.1 Å². The van der Waals surface area contributed by atoms with E-state index >= 15 is 0 Å². The fourth-order valence-corrected chi connectivity index (χ4v) is 3.84. The average Bonchev–Trinajstić information content (AvgIpc) is 3.19. The molecule has 1 saturated heterocycles. The van der Waals surface area contributed by atoms with Crippen LogP contribution in [0.3, 0.4) is 0 Å². The summed E-state index contributed by atoms with van der Waals surface area (Å²) in [4.78, 5) is 21.2. The maximum atomic E-state index is 12.5. The van der Waals surface area contributed by atoms with E-state index in [1.807, 2.05) is 17.5 Å². The van der Waals surface area contributed by atoms with Gasteiger partial charge in [-0.3, -0.25) is 9.69 Å². The molecule has 0 spiro atoms. The zero-order chi connectivity index (χ0) is 20.6. The van der Waals surface area contributed by atoms with Crippen molar-refractivity contribution in [2.75, 3.05) is 47.6 Å². The van der Waals surface area contributed by atoms with Crippen LogP contribution in [-0.2, 0) is 22.6 Å². The van der Waals surface area contributed by atoms with Crippen molar-refractivity contribution in [3.63, 3.8) is 0 Å². The van der Waals surface area contributed by atoms with Gasteiger partial charge in [0, 0.05) is 43.2 Å². The summed E-state index contributed by atoms with van der Waals surface area (Å²) in [7, 11) is 4.98. The number of hydrogen-bond donors (Lipinski definition) is 0. The molecule has 8 heteroatoms. The van der Waals surface area contributed by atoms with Crippen molar-refractivity contribution in [3.05, 3.63) is 45.9 Å². The van der Waals surface area contributed by atoms with Gasteiger partial charge >= 0.3 is 0 Å². The van der Waals surface area contributed by atoms with E-state index in [-0.39, 0.29) is 5.91 Å². The van der Waals surface area contributed by atoms with Crippen LogP contribution < -0.4 is 9.47 Å². The molecule has 156 valence electrons. The summed E-state index contributed by atoms with van der Waals surface area (Å²) >= 11 is 1.64. The second kappa shape index (κ2) is 10.4. The second-order valence-corrected chi connectivity index (χ2v) is 7.70. The molecule has 2 aromatic rings. The first-order chi connectivity index (χ1) is 14.1. The van der Waals surface area contributed by atoms with Crippen molar-refractivity contribution < 1.29 is 19.0 Å². The summed E-state index contributed by atoms with van der Waals surface area (Å²) in [6.07, 6.45) is 3.30. The number of nitrogens with zero attached hydrogens (tertiary/aromatic N) is 3. The molecule has 0 atom stereocenters. The van der Waals surface area contributed by atoms with Crippen LogP contribution >= 0.6 is 11.3 Å². The minimum absolute atomic E-state index is 0.0920. The normalized spacial score (nSPS) is 14.9. The van der Waals surface area contributed by atoms with Crippen LogP contribution in [0.4, 0.5) is 0 Å². The Morgan fingerprint density at radius 1 is 1.31 bits per heavy atom. The molecule has 0 N–H and O–H groups in total. The Kier molecular flexibility index (Phi) is 7.62. The minimum Gasteiger partial charge on any atom is -0.497 e. The summed E-state index contributed by atoms with van der Waals surface area (Å²) in [5, 5.41) is 3.09. The van der Waals surface area contributed by atoms with Crippen LogP contribution in [-0.4, -0.2) is 68.3 Å². The molecule has 1 aliphatic heterocycles. The van der Waals surface area contributed by atoms with Crippen LogP contribution in [0.5, 0.6) is 11.5 Å². The van der Waals surface area contributed by atoms with Gasteiger partial charge in [-0.15, -0.1) is 11.3 Å². The van der Waals surface area contributed by atoms with E-state index in [9.17, 15) is 4.79 Å². The third-order valence-electron chi connectivity index (χ3n) is 4.68. The molecular formula is C21H27N3O4S. The number of hydrogen-bond acceptors (Lipinski definition) is 7. The number of aromatic nitrogens is 1. The Hall–Kier alpha value is -2.42. The topological polar surface area (TPSA) is 64.1 Å². The Morgan fingerprint density at radius 2 is 2.10 bits per heavy atom. The quantitative estimate of drug-likeness (QED) is 0.616. The highest BCUT2D eigenvalue weighted by atomic mass is 32.1. The molecule has 1 aliphatic rings. The average molecular weight is 418 g/mol. The van der Waals surface area contributed by atoms with Crippen molar-refractivity contribution in [2.45, 2.75) is 13.1 Å². The number of carbonyl (C=O) groups excluding carboxylic acids is 1. The van der Waals surface area contributed by atoms with E-state index in [2.05, 4.69) is 9.88 Å². The number of morpholine rings is 1. The fourth-order valence-electron chi connectivity index (χ4n) is 3.01. The predicted molar refractivity (Wildman–Crippen MR) is 113 cm³/mol. The van der Waals surface area contributed by atoms with Crippen LogP contribution in [0.15, 0.2) is 29.7 Å². The van der Waals surface area contributed by atoms with Gasteiger partial charge in [0.05, 0.1) is 46.2 Å². The highest BCUT2D eigenvalue weighted by molar-refractivity contribution is 7.09. The van der Waals surface area contributed by atoms with Gasteiger partial charge in [0.15, 0.2) is 0 Å². The summed E-state index contributed by atoms with van der Waals surface area (Å²) in [5.74, 6) is 1.27. The van der Waals surface area contributed by atoms with Gasteiger partial charge in [0.1, 0.15) is 16.5 Å². The van der Waals surface area contributed by atoms with Gasteiger partial charge in [0.25, 0.3) is 0 Å². The Balaban J connectivity index is 1.56. The van der Waals surface area contributed by atoms with Crippen molar-refractivity contribution in [1.29, 1.82) is 0 Å². The molecule has 1 aromatic heterocycles. The first kappa shape index (κ1) is 21.3. The molecule has 0 saturated carbocycles. The van der Waals surface area contributed by atoms with E-state index < -0.39 is 0 Å². The van der Waals surface area contributed by atoms with Crippen molar-refractivity contribution in [2.24, 2.45) is 0 Å². The number of amides is 1. The Bertz CT molecular complexity index is 846. The van der Waals surface area contributed by atoms with E-state index in [0.717, 1.165) is 49.1 Å². The second-order valence-electron chi connectivity index (χ2n) is 6.76. The molecular weight excluding hydrogens is 390 g/mol. The summed E-state index contributed by atoms with van der Waals surface area (Å²) in [6.45, 7) is 4.74. The molecule has 0 bridgehead atoms. The fraction of sp³-hybridized carbons (Fsp3) is 0.429. The number of thiazole rings is 1. The smallest absolute Gasteiger partial charge is 0.246 e. The van der Waals surface area contributed by atoms with Gasteiger partial charge in [-0.2, -0.15) is 0 Å². The first-order valence-electron chi connectivity index (χ1n) is 9.47. The van der Waals surface area contributed by atoms with Crippen molar-refractivity contribution >= 4 is 23.3 Å². The predicted octanol–water partition coefficient (Wildman–Crippen LogP) is 2.66. The molecule has 0 radical (unpaired) electrons. The number of likely N-dealkylation sites (N-methyl/N-ethyl adjacent to an activating group) is 1. The minimum atomic E-state index is -0.0920. The number of ether oxygens (including phenoxy) is 3. The highest BCUT2D eigenvalue weighted by Gasteiger charge is 2.14. The number of benzene rings is 1. The monoisotopic (exact) mass is 417 g/mol. The van der Waals surface area contributed by atoms with Crippen LogP contribution in [0.2, 0.25) is 0 Å². The van der Waals surface area contributed by atoms with E-state index in [4.69, 9.17) is 14.2 Å². The third kappa shape index (κ3) is 6.03. The van der Waals surface area contributed by atoms with Gasteiger partial charge in [-0.05, 0) is 18.2 Å². The lowest BCUT2D eigenvalue weighted by molar-refractivity contribution is -0.125. The van der Waals surface area contributed by atoms with E-state index in [0.29, 0.717) is 18.0 Å². The van der Waals surface area contributed by atoms with Crippen molar-refractivity contribution in [3.8, 4) is 11.5 Å². The molecule has 1 aromatic carbocycles. The molecule has 0 unspecified atom stereocenters. The molecule has 0 aliphatic carbocycles. The van der Waals surface area contributed by atoms with Gasteiger partial charge in [-0.25, -0.2) is 4.98 Å². The maximum absolute atomic E-state index is 12.5. The molecule has 1 fully saturated rings. The lowest BCUT2D eigenvalue weighted by Crippen LogP contribution is -2.35. The molecule has 2 heterocycles. The van der Waals surface area contributed by atoms with E-state index in [1.165, 1.54) is 0 Å². The molecule has 1 amide bonds. The van der Waals surface area contributed by atoms with E-state index in [1.54, 1.807) is 55.7 Å². The van der Waals surface area contributed by atoms with Gasteiger partial charge in [0.2, 0.25) is 5.91 Å². The highest BCUT2D eigenvalue weighted by Crippen LogP contribution is 2.25. The molecule has 29 heavy (non-hydrogen) atoms. The SMILES string of the molecule is COc1ccc(/C=C/C(=O)N(C)Cc2csc(CN3CCOCC3)n2)c(OC)c1. The summed E-state index contributed by atoms with van der Waals surface area (Å²) < 4.78 is 15.9. The standard InChI is InChI=1S/C21H27N3O4S/c1-23(13-17-15-29-20(22-17)14-24-8-10-28-11-9-24)21(25)7-5-16-4-6-18(26-2)12-19(16)27-3/h4-7,12,15H,8-11,13-14H2,1-3H3/b7-5+. The third-order valence-corrected chi connectivity index (χ3v) is 5.57. The van der Waals surface area contributed by atoms with Gasteiger partial charge in [-0.1, -0.05) is 0 Å².